The molecule has 2 amide bonds. The van der Waals surface area contributed by atoms with Gasteiger partial charge in [-0.05, 0) is 24.3 Å². The van der Waals surface area contributed by atoms with Gasteiger partial charge in [0, 0.05) is 18.8 Å². The normalized spacial score (nSPS) is 14.0. The largest absolute Gasteiger partial charge is 0.481 e. The summed E-state index contributed by atoms with van der Waals surface area (Å²) in [7, 11) is 0. The summed E-state index contributed by atoms with van der Waals surface area (Å²) in [6.07, 6.45) is 0. The standard InChI is InChI=1S/C18H17FN2O3/c19-15-8-4-5-9-16(15)24-12-17(22)21-10-13(11-21)18(23)20-14-6-2-1-3-7-14/h1-9,13H,10-12H2,(H,20,23). The van der Waals surface area contributed by atoms with E-state index in [-0.39, 0.29) is 30.1 Å². The van der Waals surface area contributed by atoms with Gasteiger partial charge >= 0.3 is 0 Å². The molecule has 1 fully saturated rings. The van der Waals surface area contributed by atoms with Crippen molar-refractivity contribution in [3.8, 4) is 5.75 Å². The van der Waals surface area contributed by atoms with Gasteiger partial charge in [-0.2, -0.15) is 0 Å². The molecule has 2 aromatic carbocycles. The predicted octanol–water partition coefficient (Wildman–Crippen LogP) is 2.30. The van der Waals surface area contributed by atoms with Crippen LogP contribution in [0.25, 0.3) is 0 Å². The number of benzene rings is 2. The molecular weight excluding hydrogens is 311 g/mol. The molecule has 2 aromatic rings. The van der Waals surface area contributed by atoms with E-state index in [1.165, 1.54) is 17.0 Å². The molecule has 3 rings (SSSR count). The fourth-order valence-corrected chi connectivity index (χ4v) is 2.41. The summed E-state index contributed by atoms with van der Waals surface area (Å²) in [5, 5.41) is 2.81. The summed E-state index contributed by atoms with van der Waals surface area (Å²) < 4.78 is 18.6. The summed E-state index contributed by atoms with van der Waals surface area (Å²) in [6.45, 7) is 0.449. The predicted molar refractivity (Wildman–Crippen MR) is 87.0 cm³/mol. The van der Waals surface area contributed by atoms with E-state index >= 15 is 0 Å². The quantitative estimate of drug-likeness (QED) is 0.916. The topological polar surface area (TPSA) is 58.6 Å². The Hall–Kier alpha value is -2.89. The Labute approximate surface area is 139 Å². The molecular formula is C18H17FN2O3. The third-order valence-electron chi connectivity index (χ3n) is 3.83. The first-order chi connectivity index (χ1) is 11.6. The van der Waals surface area contributed by atoms with Gasteiger partial charge in [-0.25, -0.2) is 4.39 Å². The van der Waals surface area contributed by atoms with Gasteiger partial charge in [0.2, 0.25) is 5.91 Å². The lowest BCUT2D eigenvalue weighted by Gasteiger charge is -2.38. The minimum Gasteiger partial charge on any atom is -0.481 e. The number of ether oxygens (including phenoxy) is 1. The van der Waals surface area contributed by atoms with Gasteiger partial charge in [0.05, 0.1) is 5.92 Å². The zero-order valence-electron chi connectivity index (χ0n) is 12.9. The molecule has 1 heterocycles. The van der Waals surface area contributed by atoms with Crippen molar-refractivity contribution in [3.63, 3.8) is 0 Å². The van der Waals surface area contributed by atoms with Gasteiger partial charge in [-0.3, -0.25) is 9.59 Å². The Kier molecular flexibility index (Phi) is 4.74. The van der Waals surface area contributed by atoms with E-state index in [1.54, 1.807) is 12.1 Å². The van der Waals surface area contributed by atoms with Crippen LogP contribution in [0.5, 0.6) is 5.75 Å². The lowest BCUT2D eigenvalue weighted by atomic mass is 9.99. The molecule has 0 spiro atoms. The van der Waals surface area contributed by atoms with Crippen molar-refractivity contribution in [3.05, 3.63) is 60.4 Å². The Bertz CT molecular complexity index is 730. The van der Waals surface area contributed by atoms with E-state index in [0.717, 1.165) is 5.69 Å². The van der Waals surface area contributed by atoms with Crippen LogP contribution in [0.2, 0.25) is 0 Å². The van der Waals surface area contributed by atoms with Gasteiger partial charge in [0.25, 0.3) is 5.91 Å². The van der Waals surface area contributed by atoms with E-state index in [2.05, 4.69) is 5.32 Å². The first-order valence-corrected chi connectivity index (χ1v) is 7.64. The molecule has 0 aliphatic carbocycles. The average molecular weight is 328 g/mol. The molecule has 0 saturated carbocycles. The Morgan fingerprint density at radius 2 is 1.75 bits per heavy atom. The van der Waals surface area contributed by atoms with Crippen LogP contribution in [-0.4, -0.2) is 36.4 Å². The summed E-state index contributed by atoms with van der Waals surface area (Å²) in [5.74, 6) is -1.07. The van der Waals surface area contributed by atoms with E-state index in [0.29, 0.717) is 13.1 Å². The second kappa shape index (κ2) is 7.12. The van der Waals surface area contributed by atoms with Gasteiger partial charge in [-0.15, -0.1) is 0 Å². The molecule has 1 saturated heterocycles. The highest BCUT2D eigenvalue weighted by molar-refractivity contribution is 5.94. The van der Waals surface area contributed by atoms with Crippen LogP contribution >= 0.6 is 0 Å². The number of amides is 2. The lowest BCUT2D eigenvalue weighted by Crippen LogP contribution is -2.55. The maximum Gasteiger partial charge on any atom is 0.260 e. The SMILES string of the molecule is O=C(Nc1ccccc1)C1CN(C(=O)COc2ccccc2F)C1. The van der Waals surface area contributed by atoms with Crippen LogP contribution in [0, 0.1) is 11.7 Å². The van der Waals surface area contributed by atoms with Crippen molar-refractivity contribution in [1.29, 1.82) is 0 Å². The Balaban J connectivity index is 1.43. The van der Waals surface area contributed by atoms with Crippen LogP contribution in [0.1, 0.15) is 0 Å². The highest BCUT2D eigenvalue weighted by Gasteiger charge is 2.35. The molecule has 5 nitrogen and oxygen atoms in total. The zero-order chi connectivity index (χ0) is 16.9. The molecule has 124 valence electrons. The molecule has 0 radical (unpaired) electrons. The first kappa shape index (κ1) is 16.0. The second-order valence-electron chi connectivity index (χ2n) is 5.57. The number of anilines is 1. The number of rotatable bonds is 5. The van der Waals surface area contributed by atoms with Crippen molar-refractivity contribution in [2.75, 3.05) is 25.0 Å². The second-order valence-corrected chi connectivity index (χ2v) is 5.57. The van der Waals surface area contributed by atoms with Crippen molar-refractivity contribution in [2.45, 2.75) is 0 Å². The number of nitrogens with one attached hydrogen (secondary N) is 1. The molecule has 0 bridgehead atoms. The summed E-state index contributed by atoms with van der Waals surface area (Å²) >= 11 is 0. The Morgan fingerprint density at radius 1 is 1.08 bits per heavy atom. The number of para-hydroxylation sites is 2. The lowest BCUT2D eigenvalue weighted by molar-refractivity contribution is -0.143. The maximum absolute atomic E-state index is 13.4. The molecule has 0 atom stereocenters. The molecule has 1 aliphatic rings. The molecule has 1 aliphatic heterocycles. The van der Waals surface area contributed by atoms with Gasteiger partial charge in [-0.1, -0.05) is 30.3 Å². The minimum absolute atomic E-state index is 0.0461. The highest BCUT2D eigenvalue weighted by Crippen LogP contribution is 2.20. The average Bonchev–Trinajstić information content (AvgIpc) is 2.53. The smallest absolute Gasteiger partial charge is 0.260 e. The van der Waals surface area contributed by atoms with Gasteiger partial charge < -0.3 is 15.0 Å². The Morgan fingerprint density at radius 3 is 2.46 bits per heavy atom. The highest BCUT2D eigenvalue weighted by atomic mass is 19.1. The molecule has 1 N–H and O–H groups in total. The molecule has 0 unspecified atom stereocenters. The van der Waals surface area contributed by atoms with Crippen molar-refractivity contribution in [2.24, 2.45) is 5.92 Å². The first-order valence-electron chi connectivity index (χ1n) is 7.64. The van der Waals surface area contributed by atoms with Crippen molar-refractivity contribution in [1.82, 2.24) is 4.90 Å². The minimum atomic E-state index is -0.506. The molecule has 0 aromatic heterocycles. The van der Waals surface area contributed by atoms with E-state index in [4.69, 9.17) is 4.74 Å². The van der Waals surface area contributed by atoms with E-state index in [9.17, 15) is 14.0 Å². The van der Waals surface area contributed by atoms with Crippen LogP contribution in [0.3, 0.4) is 0 Å². The summed E-state index contributed by atoms with van der Waals surface area (Å²) in [5.41, 5.74) is 0.732. The number of carbonyl (C=O) groups excluding carboxylic acids is 2. The number of hydrogen-bond donors (Lipinski definition) is 1. The third-order valence-corrected chi connectivity index (χ3v) is 3.83. The van der Waals surface area contributed by atoms with Crippen LogP contribution in [0.15, 0.2) is 54.6 Å². The van der Waals surface area contributed by atoms with Gasteiger partial charge in [0.15, 0.2) is 18.2 Å². The number of likely N-dealkylation sites (tertiary alicyclic amines) is 1. The van der Waals surface area contributed by atoms with Crippen LogP contribution < -0.4 is 10.1 Å². The maximum atomic E-state index is 13.4. The van der Waals surface area contributed by atoms with E-state index in [1.807, 2.05) is 30.3 Å². The number of halogens is 1. The fourth-order valence-electron chi connectivity index (χ4n) is 2.41. The van der Waals surface area contributed by atoms with Crippen LogP contribution in [0.4, 0.5) is 10.1 Å². The third kappa shape index (κ3) is 3.71. The molecule has 24 heavy (non-hydrogen) atoms. The van der Waals surface area contributed by atoms with E-state index < -0.39 is 5.82 Å². The number of nitrogens with zero attached hydrogens (tertiary/aromatic N) is 1. The van der Waals surface area contributed by atoms with Crippen molar-refractivity contribution < 1.29 is 18.7 Å². The number of carbonyl (C=O) groups is 2. The van der Waals surface area contributed by atoms with Crippen LogP contribution in [-0.2, 0) is 9.59 Å². The zero-order valence-corrected chi connectivity index (χ0v) is 12.9. The summed E-state index contributed by atoms with van der Waals surface area (Å²) in [6, 6.07) is 15.1. The summed E-state index contributed by atoms with van der Waals surface area (Å²) in [4.78, 5) is 25.6. The van der Waals surface area contributed by atoms with Gasteiger partial charge in [0.1, 0.15) is 0 Å². The molecule has 6 heteroatoms. The monoisotopic (exact) mass is 328 g/mol. The number of hydrogen-bond acceptors (Lipinski definition) is 3. The van der Waals surface area contributed by atoms with Crippen molar-refractivity contribution >= 4 is 17.5 Å². The fraction of sp³-hybridized carbons (Fsp3) is 0.222.